The molecular formula is C10H18N4O. The average molecular weight is 210 g/mol. The largest absolute Gasteiger partial charge is 0.328 e. The van der Waals surface area contributed by atoms with Crippen LogP contribution in [0.2, 0.25) is 0 Å². The first kappa shape index (κ1) is 10.4. The SMILES string of the molecule is CC(C)c1noc(N(C)C2CC(N)C2)n1. The van der Waals surface area contributed by atoms with E-state index in [0.717, 1.165) is 18.7 Å². The maximum atomic E-state index is 5.74. The molecule has 0 amide bonds. The number of hydrogen-bond acceptors (Lipinski definition) is 5. The highest BCUT2D eigenvalue weighted by atomic mass is 16.5. The minimum atomic E-state index is 0.305. The molecule has 0 bridgehead atoms. The lowest BCUT2D eigenvalue weighted by atomic mass is 9.87. The fraction of sp³-hybridized carbons (Fsp3) is 0.800. The van der Waals surface area contributed by atoms with Gasteiger partial charge in [-0.1, -0.05) is 19.0 Å². The summed E-state index contributed by atoms with van der Waals surface area (Å²) in [7, 11) is 1.98. The van der Waals surface area contributed by atoms with Crippen LogP contribution < -0.4 is 10.6 Å². The minimum Gasteiger partial charge on any atom is -0.328 e. The van der Waals surface area contributed by atoms with E-state index in [1.165, 1.54) is 0 Å². The van der Waals surface area contributed by atoms with Crippen LogP contribution in [0.1, 0.15) is 38.4 Å². The van der Waals surface area contributed by atoms with Gasteiger partial charge in [0.2, 0.25) is 0 Å². The molecule has 0 saturated heterocycles. The first-order chi connectivity index (χ1) is 7.08. The fourth-order valence-electron chi connectivity index (χ4n) is 1.71. The van der Waals surface area contributed by atoms with Gasteiger partial charge in [-0.15, -0.1) is 0 Å². The molecule has 84 valence electrons. The molecule has 1 saturated carbocycles. The molecule has 1 heterocycles. The van der Waals surface area contributed by atoms with Crippen LogP contribution in [0.4, 0.5) is 6.01 Å². The molecule has 0 aliphatic heterocycles. The third kappa shape index (κ3) is 1.97. The molecular weight excluding hydrogens is 192 g/mol. The van der Waals surface area contributed by atoms with Gasteiger partial charge in [-0.3, -0.25) is 0 Å². The highest BCUT2D eigenvalue weighted by molar-refractivity contribution is 5.27. The number of nitrogens with zero attached hydrogens (tertiary/aromatic N) is 3. The van der Waals surface area contributed by atoms with Crippen molar-refractivity contribution in [2.75, 3.05) is 11.9 Å². The van der Waals surface area contributed by atoms with Crippen molar-refractivity contribution in [3.05, 3.63) is 5.82 Å². The second-order valence-electron chi connectivity index (χ2n) is 4.59. The Balaban J connectivity index is 2.02. The molecule has 15 heavy (non-hydrogen) atoms. The van der Waals surface area contributed by atoms with Crippen LogP contribution in [0.5, 0.6) is 0 Å². The van der Waals surface area contributed by atoms with Crippen molar-refractivity contribution >= 4 is 6.01 Å². The van der Waals surface area contributed by atoms with Gasteiger partial charge < -0.3 is 15.2 Å². The smallest absolute Gasteiger partial charge is 0.324 e. The molecule has 0 aromatic carbocycles. The molecule has 5 heteroatoms. The van der Waals surface area contributed by atoms with Crippen LogP contribution in [0.3, 0.4) is 0 Å². The van der Waals surface area contributed by atoms with Gasteiger partial charge in [-0.05, 0) is 12.8 Å². The summed E-state index contributed by atoms with van der Waals surface area (Å²) in [6.45, 7) is 4.10. The van der Waals surface area contributed by atoms with Crippen LogP contribution in [-0.4, -0.2) is 29.3 Å². The van der Waals surface area contributed by atoms with Crippen molar-refractivity contribution in [1.82, 2.24) is 10.1 Å². The van der Waals surface area contributed by atoms with Crippen LogP contribution >= 0.6 is 0 Å². The standard InChI is InChI=1S/C10H18N4O/c1-6(2)9-12-10(15-13-9)14(3)8-4-7(11)5-8/h6-8H,4-5,11H2,1-3H3. The number of aromatic nitrogens is 2. The topological polar surface area (TPSA) is 68.2 Å². The maximum absolute atomic E-state index is 5.74. The van der Waals surface area contributed by atoms with Crippen LogP contribution in [-0.2, 0) is 0 Å². The van der Waals surface area contributed by atoms with E-state index in [1.807, 2.05) is 25.8 Å². The third-order valence-corrected chi connectivity index (χ3v) is 2.95. The molecule has 0 unspecified atom stereocenters. The summed E-state index contributed by atoms with van der Waals surface area (Å²) in [4.78, 5) is 6.37. The van der Waals surface area contributed by atoms with Gasteiger partial charge >= 0.3 is 6.01 Å². The summed E-state index contributed by atoms with van der Waals surface area (Å²) >= 11 is 0. The van der Waals surface area contributed by atoms with Crippen molar-refractivity contribution < 1.29 is 4.52 Å². The normalized spacial score (nSPS) is 25.4. The number of hydrogen-bond donors (Lipinski definition) is 1. The summed E-state index contributed by atoms with van der Waals surface area (Å²) < 4.78 is 5.20. The van der Waals surface area contributed by atoms with E-state index < -0.39 is 0 Å². The van der Waals surface area contributed by atoms with Gasteiger partial charge in [0.05, 0.1) is 0 Å². The molecule has 0 radical (unpaired) electrons. The van der Waals surface area contributed by atoms with Crippen molar-refractivity contribution in [3.8, 4) is 0 Å². The lowest BCUT2D eigenvalue weighted by Gasteiger charge is -2.38. The highest BCUT2D eigenvalue weighted by Gasteiger charge is 2.31. The van der Waals surface area contributed by atoms with Gasteiger partial charge in [0, 0.05) is 25.0 Å². The zero-order valence-corrected chi connectivity index (χ0v) is 9.47. The van der Waals surface area contributed by atoms with E-state index in [2.05, 4.69) is 10.1 Å². The maximum Gasteiger partial charge on any atom is 0.324 e. The van der Waals surface area contributed by atoms with Crippen molar-refractivity contribution in [3.63, 3.8) is 0 Å². The van der Waals surface area contributed by atoms with Crippen LogP contribution in [0.15, 0.2) is 4.52 Å². The van der Waals surface area contributed by atoms with Crippen molar-refractivity contribution in [1.29, 1.82) is 0 Å². The molecule has 1 aromatic rings. The first-order valence-corrected chi connectivity index (χ1v) is 5.40. The molecule has 5 nitrogen and oxygen atoms in total. The molecule has 0 spiro atoms. The van der Waals surface area contributed by atoms with E-state index in [9.17, 15) is 0 Å². The summed E-state index contributed by atoms with van der Waals surface area (Å²) in [5.74, 6) is 1.07. The average Bonchev–Trinajstić information content (AvgIpc) is 2.60. The van der Waals surface area contributed by atoms with E-state index >= 15 is 0 Å². The number of nitrogens with two attached hydrogens (primary N) is 1. The highest BCUT2D eigenvalue weighted by Crippen LogP contribution is 2.27. The number of rotatable bonds is 3. The quantitative estimate of drug-likeness (QED) is 0.809. The zero-order chi connectivity index (χ0) is 11.0. The second kappa shape index (κ2) is 3.81. The molecule has 1 fully saturated rings. The summed E-state index contributed by atoms with van der Waals surface area (Å²) in [5.41, 5.74) is 5.74. The molecule has 1 aliphatic rings. The molecule has 2 rings (SSSR count). The monoisotopic (exact) mass is 210 g/mol. The Bertz CT molecular complexity index is 330. The first-order valence-electron chi connectivity index (χ1n) is 5.40. The van der Waals surface area contributed by atoms with Crippen LogP contribution in [0.25, 0.3) is 0 Å². The Morgan fingerprint density at radius 1 is 1.47 bits per heavy atom. The van der Waals surface area contributed by atoms with Crippen LogP contribution in [0, 0.1) is 0 Å². The van der Waals surface area contributed by atoms with Gasteiger partial charge in [0.15, 0.2) is 5.82 Å². The second-order valence-corrected chi connectivity index (χ2v) is 4.59. The summed E-state index contributed by atoms with van der Waals surface area (Å²) in [6, 6.07) is 1.40. The van der Waals surface area contributed by atoms with E-state index in [0.29, 0.717) is 24.0 Å². The van der Waals surface area contributed by atoms with Gasteiger partial charge in [-0.25, -0.2) is 0 Å². The van der Waals surface area contributed by atoms with Crippen molar-refractivity contribution in [2.45, 2.75) is 44.7 Å². The Morgan fingerprint density at radius 3 is 2.60 bits per heavy atom. The minimum absolute atomic E-state index is 0.305. The van der Waals surface area contributed by atoms with Gasteiger partial charge in [0.25, 0.3) is 0 Å². The van der Waals surface area contributed by atoms with E-state index in [4.69, 9.17) is 10.3 Å². The van der Waals surface area contributed by atoms with Gasteiger partial charge in [-0.2, -0.15) is 4.98 Å². The Kier molecular flexibility index (Phi) is 2.65. The van der Waals surface area contributed by atoms with Gasteiger partial charge in [0.1, 0.15) is 0 Å². The third-order valence-electron chi connectivity index (χ3n) is 2.95. The summed E-state index contributed by atoms with van der Waals surface area (Å²) in [5, 5.41) is 3.94. The zero-order valence-electron chi connectivity index (χ0n) is 9.47. The molecule has 2 N–H and O–H groups in total. The number of anilines is 1. The molecule has 1 aliphatic carbocycles. The Labute approximate surface area is 89.6 Å². The predicted molar refractivity (Wildman–Crippen MR) is 57.8 cm³/mol. The van der Waals surface area contributed by atoms with E-state index in [1.54, 1.807) is 0 Å². The Hall–Kier alpha value is -1.10. The van der Waals surface area contributed by atoms with E-state index in [-0.39, 0.29) is 0 Å². The fourth-order valence-corrected chi connectivity index (χ4v) is 1.71. The molecule has 0 atom stereocenters. The summed E-state index contributed by atoms with van der Waals surface area (Å²) in [6.07, 6.45) is 2.02. The lowest BCUT2D eigenvalue weighted by molar-refractivity contribution is 0.315. The molecule has 1 aromatic heterocycles. The lowest BCUT2D eigenvalue weighted by Crippen LogP contribution is -2.49. The predicted octanol–water partition coefficient (Wildman–Crippen LogP) is 1.12. The Morgan fingerprint density at radius 2 is 2.13 bits per heavy atom. The van der Waals surface area contributed by atoms with Crippen molar-refractivity contribution in [2.24, 2.45) is 5.73 Å².